The van der Waals surface area contributed by atoms with Crippen molar-refractivity contribution in [2.45, 2.75) is 19.3 Å². The zero-order valence-electron chi connectivity index (χ0n) is 11.4. The summed E-state index contributed by atoms with van der Waals surface area (Å²) in [5, 5.41) is 2.92. The van der Waals surface area contributed by atoms with Crippen LogP contribution in [-0.4, -0.2) is 37.5 Å². The molecule has 1 heterocycles. The van der Waals surface area contributed by atoms with Gasteiger partial charge in [-0.1, -0.05) is 18.2 Å². The molecule has 1 aliphatic heterocycles. The fourth-order valence-corrected chi connectivity index (χ4v) is 2.40. The molecule has 4 heteroatoms. The number of amides is 1. The zero-order valence-corrected chi connectivity index (χ0v) is 11.4. The number of hydrogen-bond acceptors (Lipinski definition) is 2. The number of piperidine rings is 1. The van der Waals surface area contributed by atoms with Gasteiger partial charge in [0.05, 0.1) is 6.42 Å². The third kappa shape index (κ3) is 4.31. The number of likely N-dealkylation sites (tertiary alicyclic amines) is 1. The summed E-state index contributed by atoms with van der Waals surface area (Å²) in [6.07, 6.45) is 2.37. The molecule has 0 aliphatic carbocycles. The van der Waals surface area contributed by atoms with Crippen molar-refractivity contribution in [2.75, 3.05) is 26.7 Å². The molecule has 3 nitrogen and oxygen atoms in total. The highest BCUT2D eigenvalue weighted by Gasteiger charge is 2.17. The number of carbonyl (C=O) groups excluding carboxylic acids is 1. The normalized spacial score (nSPS) is 17.4. The minimum Gasteiger partial charge on any atom is -0.356 e. The van der Waals surface area contributed by atoms with E-state index in [1.165, 1.54) is 6.07 Å². The minimum atomic E-state index is -0.308. The van der Waals surface area contributed by atoms with Crippen LogP contribution in [0.15, 0.2) is 24.3 Å². The first-order chi connectivity index (χ1) is 9.15. The van der Waals surface area contributed by atoms with Crippen molar-refractivity contribution < 1.29 is 9.18 Å². The Bertz CT molecular complexity index is 428. The van der Waals surface area contributed by atoms with E-state index in [1.807, 2.05) is 0 Å². The Hall–Kier alpha value is -1.42. The van der Waals surface area contributed by atoms with E-state index in [2.05, 4.69) is 17.3 Å². The van der Waals surface area contributed by atoms with Crippen LogP contribution in [0, 0.1) is 11.7 Å². The average Bonchev–Trinajstić information content (AvgIpc) is 2.41. The molecule has 0 spiro atoms. The average molecular weight is 264 g/mol. The summed E-state index contributed by atoms with van der Waals surface area (Å²) >= 11 is 0. The maximum Gasteiger partial charge on any atom is 0.224 e. The lowest BCUT2D eigenvalue weighted by molar-refractivity contribution is -0.120. The van der Waals surface area contributed by atoms with E-state index in [4.69, 9.17) is 0 Å². The Balaban J connectivity index is 1.74. The van der Waals surface area contributed by atoms with Gasteiger partial charge in [0.15, 0.2) is 0 Å². The van der Waals surface area contributed by atoms with Gasteiger partial charge < -0.3 is 10.2 Å². The maximum atomic E-state index is 13.4. The van der Waals surface area contributed by atoms with Crippen LogP contribution in [-0.2, 0) is 11.2 Å². The van der Waals surface area contributed by atoms with Crippen molar-refractivity contribution in [3.8, 4) is 0 Å². The highest BCUT2D eigenvalue weighted by atomic mass is 19.1. The Morgan fingerprint density at radius 2 is 2.05 bits per heavy atom. The van der Waals surface area contributed by atoms with E-state index >= 15 is 0 Å². The fourth-order valence-electron chi connectivity index (χ4n) is 2.40. The summed E-state index contributed by atoms with van der Waals surface area (Å²) in [4.78, 5) is 14.1. The molecule has 1 aromatic carbocycles. The van der Waals surface area contributed by atoms with Gasteiger partial charge in [0.25, 0.3) is 0 Å². The van der Waals surface area contributed by atoms with E-state index < -0.39 is 0 Å². The van der Waals surface area contributed by atoms with E-state index in [1.54, 1.807) is 18.2 Å². The van der Waals surface area contributed by atoms with Gasteiger partial charge >= 0.3 is 0 Å². The second-order valence-electron chi connectivity index (χ2n) is 5.32. The van der Waals surface area contributed by atoms with Crippen molar-refractivity contribution in [1.29, 1.82) is 0 Å². The van der Waals surface area contributed by atoms with Crippen molar-refractivity contribution in [3.63, 3.8) is 0 Å². The predicted molar refractivity (Wildman–Crippen MR) is 73.3 cm³/mol. The molecule has 1 N–H and O–H groups in total. The summed E-state index contributed by atoms with van der Waals surface area (Å²) in [6, 6.07) is 6.43. The van der Waals surface area contributed by atoms with Gasteiger partial charge in [0.2, 0.25) is 5.91 Å². The van der Waals surface area contributed by atoms with Gasteiger partial charge in [-0.25, -0.2) is 4.39 Å². The first kappa shape index (κ1) is 14.0. The number of nitrogens with one attached hydrogen (secondary N) is 1. The molecule has 0 aromatic heterocycles. The van der Waals surface area contributed by atoms with E-state index in [-0.39, 0.29) is 18.1 Å². The maximum absolute atomic E-state index is 13.4. The van der Waals surface area contributed by atoms with Gasteiger partial charge in [0, 0.05) is 6.54 Å². The first-order valence-corrected chi connectivity index (χ1v) is 6.84. The molecule has 0 atom stereocenters. The third-order valence-corrected chi connectivity index (χ3v) is 3.73. The Kier molecular flexibility index (Phi) is 4.91. The molecule has 0 radical (unpaired) electrons. The van der Waals surface area contributed by atoms with Gasteiger partial charge in [0.1, 0.15) is 5.82 Å². The number of hydrogen-bond donors (Lipinski definition) is 1. The second kappa shape index (κ2) is 6.66. The second-order valence-corrected chi connectivity index (χ2v) is 5.32. The van der Waals surface area contributed by atoms with Gasteiger partial charge in [-0.05, 0) is 50.5 Å². The Morgan fingerprint density at radius 3 is 2.74 bits per heavy atom. The van der Waals surface area contributed by atoms with Crippen LogP contribution in [0.2, 0.25) is 0 Å². The Morgan fingerprint density at radius 1 is 1.37 bits per heavy atom. The zero-order chi connectivity index (χ0) is 13.7. The van der Waals surface area contributed by atoms with Crippen LogP contribution in [0.25, 0.3) is 0 Å². The first-order valence-electron chi connectivity index (χ1n) is 6.84. The number of halogens is 1. The highest BCUT2D eigenvalue weighted by Crippen LogP contribution is 2.14. The van der Waals surface area contributed by atoms with Gasteiger partial charge in [-0.2, -0.15) is 0 Å². The number of nitrogens with zero attached hydrogens (tertiary/aromatic N) is 1. The van der Waals surface area contributed by atoms with Crippen molar-refractivity contribution in [1.82, 2.24) is 10.2 Å². The lowest BCUT2D eigenvalue weighted by atomic mass is 9.97. The van der Waals surface area contributed by atoms with Gasteiger partial charge in [-0.3, -0.25) is 4.79 Å². The van der Waals surface area contributed by atoms with Crippen LogP contribution in [0.1, 0.15) is 18.4 Å². The summed E-state index contributed by atoms with van der Waals surface area (Å²) in [7, 11) is 2.12. The smallest absolute Gasteiger partial charge is 0.224 e. The molecule has 0 unspecified atom stereocenters. The molecule has 2 rings (SSSR count). The van der Waals surface area contributed by atoms with Crippen LogP contribution in [0.4, 0.5) is 4.39 Å². The van der Waals surface area contributed by atoms with Crippen molar-refractivity contribution in [2.24, 2.45) is 5.92 Å². The quantitative estimate of drug-likeness (QED) is 0.900. The van der Waals surface area contributed by atoms with E-state index in [0.29, 0.717) is 18.0 Å². The monoisotopic (exact) mass is 264 g/mol. The summed E-state index contributed by atoms with van der Waals surface area (Å²) in [5.74, 6) is 0.154. The summed E-state index contributed by atoms with van der Waals surface area (Å²) < 4.78 is 13.4. The molecule has 104 valence electrons. The van der Waals surface area contributed by atoms with Crippen molar-refractivity contribution >= 4 is 5.91 Å². The lowest BCUT2D eigenvalue weighted by Crippen LogP contribution is -2.37. The molecule has 1 aromatic rings. The molecule has 1 saturated heterocycles. The minimum absolute atomic E-state index is 0.0935. The Labute approximate surface area is 113 Å². The van der Waals surface area contributed by atoms with E-state index in [0.717, 1.165) is 25.9 Å². The molecule has 1 aliphatic rings. The molecule has 0 saturated carbocycles. The van der Waals surface area contributed by atoms with E-state index in [9.17, 15) is 9.18 Å². The predicted octanol–water partition coefficient (Wildman–Crippen LogP) is 1.83. The third-order valence-electron chi connectivity index (χ3n) is 3.73. The highest BCUT2D eigenvalue weighted by molar-refractivity contribution is 5.78. The summed E-state index contributed by atoms with van der Waals surface area (Å²) in [5.41, 5.74) is 0.461. The molecule has 19 heavy (non-hydrogen) atoms. The van der Waals surface area contributed by atoms with Crippen LogP contribution in [0.5, 0.6) is 0 Å². The SMILES string of the molecule is CN1CCC(CNC(=O)Cc2ccccc2F)CC1. The molecule has 1 fully saturated rings. The van der Waals surface area contributed by atoms with Crippen molar-refractivity contribution in [3.05, 3.63) is 35.6 Å². The van der Waals surface area contributed by atoms with Crippen LogP contribution in [0.3, 0.4) is 0 Å². The van der Waals surface area contributed by atoms with Gasteiger partial charge in [-0.15, -0.1) is 0 Å². The lowest BCUT2D eigenvalue weighted by Gasteiger charge is -2.28. The van der Waals surface area contributed by atoms with Crippen LogP contribution < -0.4 is 5.32 Å². The number of carbonyl (C=O) groups is 1. The standard InChI is InChI=1S/C15H21FN2O/c1-18-8-6-12(7-9-18)11-17-15(19)10-13-4-2-3-5-14(13)16/h2-5,12H,6-11H2,1H3,(H,17,19). The molecular weight excluding hydrogens is 243 g/mol. The number of rotatable bonds is 4. The molecular formula is C15H21FN2O. The van der Waals surface area contributed by atoms with Crippen LogP contribution >= 0.6 is 0 Å². The topological polar surface area (TPSA) is 32.3 Å². The number of benzene rings is 1. The summed E-state index contributed by atoms with van der Waals surface area (Å²) in [6.45, 7) is 2.89. The fraction of sp³-hybridized carbons (Fsp3) is 0.533. The molecule has 0 bridgehead atoms. The molecule has 1 amide bonds. The largest absolute Gasteiger partial charge is 0.356 e.